The molecule has 6 rings (SSSR count). The van der Waals surface area contributed by atoms with Gasteiger partial charge in [0.2, 0.25) is 18.6 Å². The van der Waals surface area contributed by atoms with Gasteiger partial charge in [-0.15, -0.1) is 0 Å². The van der Waals surface area contributed by atoms with Gasteiger partial charge in [0.1, 0.15) is 60.3 Å². The lowest BCUT2D eigenvalue weighted by molar-refractivity contribution is -0.322. The number of fused-ring (bicyclic) bond motifs is 1. The Balaban J connectivity index is 1.15. The van der Waals surface area contributed by atoms with Crippen LogP contribution in [-0.2, 0) is 18.9 Å². The number of benzene rings is 3. The number of phenolic OH excluding ortho intramolecular Hbond substituents is 3. The van der Waals surface area contributed by atoms with Crippen molar-refractivity contribution in [3.8, 4) is 62.9 Å². The second-order valence-corrected chi connectivity index (χ2v) is 13.4. The van der Waals surface area contributed by atoms with Crippen molar-refractivity contribution < 1.29 is 93.1 Å². The van der Waals surface area contributed by atoms with Gasteiger partial charge in [0.25, 0.3) is 0 Å². The van der Waals surface area contributed by atoms with E-state index in [0.29, 0.717) is 5.56 Å². The molecule has 2 aromatic rings. The third-order valence-corrected chi connectivity index (χ3v) is 9.57. The fourth-order valence-electron chi connectivity index (χ4n) is 6.33. The summed E-state index contributed by atoms with van der Waals surface area (Å²) in [5.74, 6) is -1.67. The molecule has 0 aromatic heterocycles. The summed E-state index contributed by atoms with van der Waals surface area (Å²) in [5, 5.41) is 95.3. The predicted molar refractivity (Wildman–Crippen MR) is 200 cm³/mol. The van der Waals surface area contributed by atoms with Crippen LogP contribution in [0.4, 0.5) is 0 Å². The van der Waals surface area contributed by atoms with Gasteiger partial charge in [0.15, 0.2) is 46.2 Å². The first kappa shape index (κ1) is 42.9. The number of rotatable bonds is 13. The number of aromatic hydroxyl groups is 3. The molecule has 20 nitrogen and oxygen atoms in total. The van der Waals surface area contributed by atoms with E-state index in [1.165, 1.54) is 63.8 Å². The van der Waals surface area contributed by atoms with E-state index in [4.69, 9.17) is 42.3 Å². The minimum atomic E-state index is -1.91. The molecule has 10 N–H and O–H groups in total. The van der Waals surface area contributed by atoms with Gasteiger partial charge in [-0.1, -0.05) is 0 Å². The Labute approximate surface area is 334 Å². The van der Waals surface area contributed by atoms with E-state index in [-0.39, 0.29) is 57.1 Å². The predicted octanol–water partition coefficient (Wildman–Crippen LogP) is -0.203. The third-order valence-electron chi connectivity index (χ3n) is 9.57. The van der Waals surface area contributed by atoms with Crippen molar-refractivity contribution in [1.82, 2.24) is 0 Å². The van der Waals surface area contributed by atoms with Gasteiger partial charge >= 0.3 is 5.97 Å². The minimum absolute atomic E-state index is 0.0168. The monoisotopic (exact) mass is 831 g/mol. The molecule has 0 bridgehead atoms. The molecule has 59 heavy (non-hydrogen) atoms. The third kappa shape index (κ3) is 9.15. The molecule has 318 valence electrons. The maximum Gasteiger partial charge on any atom is 0.510 e. The molecule has 2 fully saturated rings. The number of esters is 1. The first-order valence-electron chi connectivity index (χ1n) is 17.8. The summed E-state index contributed by atoms with van der Waals surface area (Å²) < 4.78 is 49.7. The molecule has 3 heterocycles. The van der Waals surface area contributed by atoms with Gasteiger partial charge in [0.05, 0.1) is 39.6 Å². The minimum Gasteiger partial charge on any atom is -0.507 e. The summed E-state index contributed by atoms with van der Waals surface area (Å²) in [4.78, 5) is 22.5. The Kier molecular flexibility index (Phi) is 13.1. The van der Waals surface area contributed by atoms with Gasteiger partial charge < -0.3 is 93.1 Å². The summed E-state index contributed by atoms with van der Waals surface area (Å²) in [7, 11) is 3.99. The van der Waals surface area contributed by atoms with Crippen molar-refractivity contribution in [1.29, 1.82) is 0 Å². The molecule has 1 aliphatic carbocycles. The summed E-state index contributed by atoms with van der Waals surface area (Å²) in [6.07, 6.45) is -14.9. The molecular formula is C39H43O20+. The number of aliphatic hydroxyl groups is 6. The first-order chi connectivity index (χ1) is 28.1. The number of phenols is 3. The topological polar surface area (TPSA) is 308 Å². The molecule has 0 unspecified atom stereocenters. The number of hydrogen-bond donors (Lipinski definition) is 9. The lowest BCUT2D eigenvalue weighted by Crippen LogP contribution is -2.62. The van der Waals surface area contributed by atoms with Crippen molar-refractivity contribution in [2.45, 2.75) is 61.4 Å². The van der Waals surface area contributed by atoms with Gasteiger partial charge in [-0.25, -0.2) is 0 Å². The van der Waals surface area contributed by atoms with E-state index in [1.807, 2.05) is 0 Å². The zero-order valence-corrected chi connectivity index (χ0v) is 31.5. The van der Waals surface area contributed by atoms with Crippen LogP contribution in [0.15, 0.2) is 63.8 Å². The van der Waals surface area contributed by atoms with Crippen LogP contribution in [0.3, 0.4) is 0 Å². The number of aliphatic hydroxyl groups excluding tert-OH is 6. The van der Waals surface area contributed by atoms with Crippen molar-refractivity contribution in [2.75, 3.05) is 34.5 Å². The highest BCUT2D eigenvalue weighted by molar-refractivity contribution is 5.88. The highest BCUT2D eigenvalue weighted by atomic mass is 16.7. The van der Waals surface area contributed by atoms with Crippen LogP contribution < -0.4 is 24.4 Å². The highest BCUT2D eigenvalue weighted by Crippen LogP contribution is 2.43. The highest BCUT2D eigenvalue weighted by Gasteiger charge is 2.49. The Morgan fingerprint density at radius 3 is 1.95 bits per heavy atom. The number of carbonyl (C=O) groups excluding carboxylic acids is 1. The van der Waals surface area contributed by atoms with E-state index in [1.54, 1.807) is 0 Å². The van der Waals surface area contributed by atoms with Crippen LogP contribution >= 0.6 is 0 Å². The van der Waals surface area contributed by atoms with Crippen molar-refractivity contribution in [2.24, 2.45) is 0 Å². The Hall–Kier alpha value is -5.68. The summed E-state index contributed by atoms with van der Waals surface area (Å²) >= 11 is 0. The molecule has 0 radical (unpaired) electrons. The first-order valence-corrected chi connectivity index (χ1v) is 17.8. The normalized spacial score (nSPS) is 27.1. The molecule has 20 heteroatoms. The number of ether oxygens (including phenoxy) is 8. The second kappa shape index (κ2) is 18.1. The van der Waals surface area contributed by atoms with Crippen LogP contribution in [-0.4, -0.2) is 153 Å². The Bertz CT molecular complexity index is 2140. The standard InChI is InChI=1S/C39H42O20/c1-51-23-10-17(5-6-20(23)41)37-26(13-19-21(42)11-18(40)12-22(19)56-37)57-39-36(50)34(48)32(46)28(59-39)15-55-38-35(49)33(47)31(45)27(58-38)14-54-29(43)7-4-16-8-24(52-2)30(44)25(9-16)53-3/h4-13,27-28,31-36,38-39,41-42,44-50H,14-15H2,1-3H3/p+1/t27-,28-,31-,32-,33+,34+,35-,36-,38-,39-/m1/s1. The maximum atomic E-state index is 12.2. The van der Waals surface area contributed by atoms with Gasteiger partial charge in [0, 0.05) is 17.7 Å². The summed E-state index contributed by atoms with van der Waals surface area (Å²) in [6.45, 7) is -1.23. The van der Waals surface area contributed by atoms with Crippen molar-refractivity contribution >= 4 is 12.0 Å². The van der Waals surface area contributed by atoms with Crippen LogP contribution in [0.2, 0.25) is 0 Å². The van der Waals surface area contributed by atoms with Gasteiger partial charge in [-0.05, 0) is 48.0 Å². The summed E-state index contributed by atoms with van der Waals surface area (Å²) in [5.41, 5.74) is 0.123. The van der Waals surface area contributed by atoms with E-state index < -0.39 is 91.8 Å². The van der Waals surface area contributed by atoms with Gasteiger partial charge in [-0.3, -0.25) is 4.79 Å². The van der Waals surface area contributed by atoms with Crippen molar-refractivity contribution in [3.63, 3.8) is 0 Å². The second-order valence-electron chi connectivity index (χ2n) is 13.4. The molecule has 0 amide bonds. The smallest absolute Gasteiger partial charge is 0.507 e. The van der Waals surface area contributed by atoms with Crippen molar-refractivity contribution in [3.05, 3.63) is 70.4 Å². The Morgan fingerprint density at radius 2 is 1.31 bits per heavy atom. The molecule has 3 aliphatic heterocycles. The fraction of sp³-hybridized carbons (Fsp3) is 0.385. The average molecular weight is 832 g/mol. The molecule has 0 saturated carbocycles. The quantitative estimate of drug-likeness (QED) is 0.0479. The largest absolute Gasteiger partial charge is 0.510 e. The molecule has 2 saturated heterocycles. The lowest BCUT2D eigenvalue weighted by atomic mass is 9.98. The number of methoxy groups -OCH3 is 3. The number of hydrogen-bond acceptors (Lipinski definition) is 19. The van der Waals surface area contributed by atoms with Crippen LogP contribution in [0.1, 0.15) is 5.56 Å². The van der Waals surface area contributed by atoms with Crippen LogP contribution in [0.25, 0.3) is 28.7 Å². The molecular weight excluding hydrogens is 788 g/mol. The van der Waals surface area contributed by atoms with Gasteiger partial charge in [-0.2, -0.15) is 0 Å². The van der Waals surface area contributed by atoms with Crippen LogP contribution in [0.5, 0.6) is 40.2 Å². The average Bonchev–Trinajstić information content (AvgIpc) is 3.22. The molecule has 10 atom stereocenters. The van der Waals surface area contributed by atoms with Crippen LogP contribution in [0, 0.1) is 0 Å². The zero-order valence-electron chi connectivity index (χ0n) is 31.5. The van der Waals surface area contributed by atoms with E-state index >= 15 is 0 Å². The SMILES string of the molecule is COc1cc(-c2oc3cc(=O)cc(O)c-3cc2O[C@@H]2O[C@H](CO[C@@H]3O[C@H](COC(=[OH+])C=Cc4cc(OC)c(O)c(OC)c4)[C@@H](O)[C@H](O)[C@H]3O)[C@@H](O)[C@H](O)[C@H]2O)ccc1O. The fourth-order valence-corrected chi connectivity index (χ4v) is 6.33. The maximum absolute atomic E-state index is 12.2. The zero-order chi connectivity index (χ0) is 42.7. The molecule has 4 aliphatic rings. The van der Waals surface area contributed by atoms with E-state index in [2.05, 4.69) is 0 Å². The van der Waals surface area contributed by atoms with E-state index in [0.717, 1.165) is 18.2 Å². The lowest BCUT2D eigenvalue weighted by Gasteiger charge is -2.42. The molecule has 0 spiro atoms. The molecule has 2 aromatic carbocycles. The summed E-state index contributed by atoms with van der Waals surface area (Å²) in [6, 6.07) is 10.3. The Morgan fingerprint density at radius 1 is 0.695 bits per heavy atom. The van der Waals surface area contributed by atoms with E-state index in [9.17, 15) is 55.5 Å².